The summed E-state index contributed by atoms with van der Waals surface area (Å²) in [6.07, 6.45) is 3.01. The van der Waals surface area contributed by atoms with Crippen molar-refractivity contribution in [3.63, 3.8) is 0 Å². The molecule has 21 heavy (non-hydrogen) atoms. The fraction of sp³-hybridized carbons (Fsp3) is 0.133. The smallest absolute Gasteiger partial charge is 0.328 e. The van der Waals surface area contributed by atoms with Crippen LogP contribution in [0, 0.1) is 0 Å². The Bertz CT molecular complexity index is 617. The number of aromatic nitrogens is 1. The molecule has 1 amide bonds. The van der Waals surface area contributed by atoms with Crippen LogP contribution < -0.4 is 5.84 Å². The summed E-state index contributed by atoms with van der Waals surface area (Å²) in [7, 11) is 0. The van der Waals surface area contributed by atoms with E-state index in [1.165, 1.54) is 18.5 Å². The Morgan fingerprint density at radius 2 is 1.90 bits per heavy atom. The van der Waals surface area contributed by atoms with E-state index in [-0.39, 0.29) is 12.0 Å². The van der Waals surface area contributed by atoms with Crippen LogP contribution in [0.25, 0.3) is 0 Å². The van der Waals surface area contributed by atoms with Crippen molar-refractivity contribution in [2.45, 2.75) is 12.5 Å². The van der Waals surface area contributed by atoms with Crippen LogP contribution in [0.4, 0.5) is 0 Å². The quantitative estimate of drug-likeness (QED) is 0.487. The molecule has 0 aliphatic carbocycles. The zero-order chi connectivity index (χ0) is 15.2. The van der Waals surface area contributed by atoms with E-state index in [9.17, 15) is 14.7 Å². The van der Waals surface area contributed by atoms with Gasteiger partial charge in [0.25, 0.3) is 5.91 Å². The highest BCUT2D eigenvalue weighted by Gasteiger charge is 2.28. The Morgan fingerprint density at radius 3 is 2.48 bits per heavy atom. The summed E-state index contributed by atoms with van der Waals surface area (Å²) >= 11 is 0. The van der Waals surface area contributed by atoms with Crippen molar-refractivity contribution < 1.29 is 14.7 Å². The van der Waals surface area contributed by atoms with E-state index in [1.54, 1.807) is 30.3 Å². The van der Waals surface area contributed by atoms with Gasteiger partial charge in [0.1, 0.15) is 6.04 Å². The average Bonchev–Trinajstić information content (AvgIpc) is 2.53. The lowest BCUT2D eigenvalue weighted by atomic mass is 10.1. The van der Waals surface area contributed by atoms with Crippen molar-refractivity contribution >= 4 is 11.9 Å². The van der Waals surface area contributed by atoms with Crippen LogP contribution in [0.5, 0.6) is 0 Å². The van der Waals surface area contributed by atoms with Crippen LogP contribution in [-0.2, 0) is 11.2 Å². The first-order chi connectivity index (χ1) is 10.1. The minimum atomic E-state index is -1.15. The maximum absolute atomic E-state index is 12.2. The van der Waals surface area contributed by atoms with Crippen molar-refractivity contribution in [2.24, 2.45) is 5.84 Å². The van der Waals surface area contributed by atoms with Gasteiger partial charge in [0.05, 0.1) is 5.56 Å². The molecule has 3 N–H and O–H groups in total. The Kier molecular flexibility index (Phi) is 4.63. The fourth-order valence-electron chi connectivity index (χ4n) is 1.92. The van der Waals surface area contributed by atoms with E-state index < -0.39 is 17.9 Å². The highest BCUT2D eigenvalue weighted by atomic mass is 16.4. The molecule has 0 saturated carbocycles. The molecule has 0 saturated heterocycles. The van der Waals surface area contributed by atoms with Crippen molar-refractivity contribution in [2.75, 3.05) is 0 Å². The molecule has 0 bridgehead atoms. The van der Waals surface area contributed by atoms with E-state index in [1.807, 2.05) is 6.07 Å². The molecule has 2 rings (SSSR count). The third-order valence-corrected chi connectivity index (χ3v) is 3.04. The van der Waals surface area contributed by atoms with E-state index in [2.05, 4.69) is 4.98 Å². The van der Waals surface area contributed by atoms with Gasteiger partial charge in [-0.05, 0) is 17.7 Å². The highest BCUT2D eigenvalue weighted by Crippen LogP contribution is 2.10. The summed E-state index contributed by atoms with van der Waals surface area (Å²) in [5.41, 5.74) is 1.04. The number of carboxylic acids is 1. The van der Waals surface area contributed by atoms with Gasteiger partial charge in [-0.3, -0.25) is 14.8 Å². The second-order valence-electron chi connectivity index (χ2n) is 4.50. The summed E-state index contributed by atoms with van der Waals surface area (Å²) in [5, 5.41) is 10.1. The van der Waals surface area contributed by atoms with Gasteiger partial charge in [0.2, 0.25) is 0 Å². The van der Waals surface area contributed by atoms with E-state index in [4.69, 9.17) is 5.84 Å². The van der Waals surface area contributed by atoms with Crippen LogP contribution in [0.1, 0.15) is 15.9 Å². The molecule has 0 fully saturated rings. The highest BCUT2D eigenvalue weighted by molar-refractivity contribution is 5.95. The third kappa shape index (κ3) is 3.64. The van der Waals surface area contributed by atoms with Gasteiger partial charge >= 0.3 is 5.97 Å². The van der Waals surface area contributed by atoms with Gasteiger partial charge in [0.15, 0.2) is 0 Å². The predicted molar refractivity (Wildman–Crippen MR) is 76.2 cm³/mol. The van der Waals surface area contributed by atoms with E-state index in [0.717, 1.165) is 10.6 Å². The fourth-order valence-corrected chi connectivity index (χ4v) is 1.92. The summed E-state index contributed by atoms with van der Waals surface area (Å²) < 4.78 is 0. The van der Waals surface area contributed by atoms with Crippen LogP contribution in [0.3, 0.4) is 0 Å². The van der Waals surface area contributed by atoms with E-state index >= 15 is 0 Å². The molecular weight excluding hydrogens is 270 g/mol. The second-order valence-corrected chi connectivity index (χ2v) is 4.50. The normalized spacial score (nSPS) is 11.7. The van der Waals surface area contributed by atoms with Crippen LogP contribution in [0.15, 0.2) is 54.9 Å². The van der Waals surface area contributed by atoms with Crippen molar-refractivity contribution in [3.8, 4) is 0 Å². The number of nitrogens with two attached hydrogens (primary N) is 1. The lowest BCUT2D eigenvalue weighted by molar-refractivity contribution is -0.142. The number of rotatable bonds is 5. The van der Waals surface area contributed by atoms with Gasteiger partial charge in [-0.2, -0.15) is 0 Å². The standard InChI is InChI=1S/C15H15N3O3/c16-18(14(19)12-7-4-8-17-10-12)13(15(20)21)9-11-5-2-1-3-6-11/h1-8,10,13H,9,16H2,(H,20,21). The average molecular weight is 285 g/mol. The zero-order valence-electron chi connectivity index (χ0n) is 11.2. The molecule has 0 aliphatic heterocycles. The molecule has 108 valence electrons. The number of carbonyl (C=O) groups excluding carboxylic acids is 1. The number of hydrogen-bond acceptors (Lipinski definition) is 4. The van der Waals surface area contributed by atoms with Crippen molar-refractivity contribution in [1.29, 1.82) is 0 Å². The molecule has 0 aliphatic rings. The van der Waals surface area contributed by atoms with Crippen molar-refractivity contribution in [3.05, 3.63) is 66.0 Å². The molecule has 6 heteroatoms. The zero-order valence-corrected chi connectivity index (χ0v) is 11.2. The van der Waals surface area contributed by atoms with Crippen LogP contribution in [0.2, 0.25) is 0 Å². The Balaban J connectivity index is 2.18. The Morgan fingerprint density at radius 1 is 1.19 bits per heavy atom. The van der Waals surface area contributed by atoms with Crippen LogP contribution in [-0.4, -0.2) is 33.0 Å². The monoisotopic (exact) mass is 285 g/mol. The molecule has 0 spiro atoms. The molecule has 2 aromatic rings. The van der Waals surface area contributed by atoms with Gasteiger partial charge in [0, 0.05) is 18.8 Å². The van der Waals surface area contributed by atoms with Crippen molar-refractivity contribution in [1.82, 2.24) is 9.99 Å². The number of benzene rings is 1. The third-order valence-electron chi connectivity index (χ3n) is 3.04. The summed E-state index contributed by atoms with van der Waals surface area (Å²) in [5.74, 6) is 3.99. The molecule has 0 radical (unpaired) electrons. The first-order valence-corrected chi connectivity index (χ1v) is 6.34. The van der Waals surface area contributed by atoms with Crippen LogP contribution >= 0.6 is 0 Å². The number of amides is 1. The lowest BCUT2D eigenvalue weighted by Gasteiger charge is -2.24. The number of pyridine rings is 1. The number of hydrazine groups is 1. The van der Waals surface area contributed by atoms with Gasteiger partial charge in [-0.25, -0.2) is 10.6 Å². The minimum absolute atomic E-state index is 0.138. The lowest BCUT2D eigenvalue weighted by Crippen LogP contribution is -2.50. The number of nitrogens with zero attached hydrogens (tertiary/aromatic N) is 2. The summed E-state index contributed by atoms with van der Waals surface area (Å²) in [4.78, 5) is 27.4. The topological polar surface area (TPSA) is 96.5 Å². The van der Waals surface area contributed by atoms with Gasteiger partial charge in [-0.1, -0.05) is 30.3 Å². The Hall–Kier alpha value is -2.73. The number of carbonyl (C=O) groups is 2. The molecule has 1 aromatic heterocycles. The molecule has 6 nitrogen and oxygen atoms in total. The predicted octanol–water partition coefficient (Wildman–Crippen LogP) is 1.09. The summed E-state index contributed by atoms with van der Waals surface area (Å²) in [6.45, 7) is 0. The Labute approximate surface area is 121 Å². The molecule has 1 atom stereocenters. The molecule has 1 heterocycles. The first kappa shape index (κ1) is 14.7. The number of aliphatic carboxylic acids is 1. The maximum atomic E-state index is 12.2. The number of carboxylic acid groups (broad SMARTS) is 1. The first-order valence-electron chi connectivity index (χ1n) is 6.34. The maximum Gasteiger partial charge on any atom is 0.328 e. The SMILES string of the molecule is NN(C(=O)c1cccnc1)C(Cc1ccccc1)C(=O)O. The molecule has 1 unspecified atom stereocenters. The van der Waals surface area contributed by atoms with Gasteiger partial charge < -0.3 is 5.11 Å². The largest absolute Gasteiger partial charge is 0.480 e. The number of hydrogen-bond donors (Lipinski definition) is 2. The molecule has 1 aromatic carbocycles. The molecular formula is C15H15N3O3. The van der Waals surface area contributed by atoms with Gasteiger partial charge in [-0.15, -0.1) is 0 Å². The summed E-state index contributed by atoms with van der Waals surface area (Å²) in [6, 6.07) is 11.0. The second kappa shape index (κ2) is 6.62. The minimum Gasteiger partial charge on any atom is -0.480 e. The van der Waals surface area contributed by atoms with E-state index in [0.29, 0.717) is 0 Å².